The molecule has 0 atom stereocenters. The van der Waals surface area contributed by atoms with Gasteiger partial charge in [0.15, 0.2) is 5.78 Å². The SMILES string of the molecule is CCC(CC)(CC(F)(F)F)C(=O)C=C(O)C(C)(C)CF. The van der Waals surface area contributed by atoms with E-state index in [4.69, 9.17) is 0 Å². The monoisotopic (exact) mass is 298 g/mol. The highest BCUT2D eigenvalue weighted by Crippen LogP contribution is 2.40. The fourth-order valence-corrected chi connectivity index (χ4v) is 1.86. The van der Waals surface area contributed by atoms with Crippen LogP contribution in [-0.4, -0.2) is 23.7 Å². The molecule has 0 aromatic heterocycles. The number of hydrogen-bond acceptors (Lipinski definition) is 2. The Morgan fingerprint density at radius 2 is 1.60 bits per heavy atom. The molecule has 0 saturated carbocycles. The van der Waals surface area contributed by atoms with Crippen LogP contribution in [-0.2, 0) is 4.79 Å². The number of hydrogen-bond donors (Lipinski definition) is 1. The topological polar surface area (TPSA) is 37.3 Å². The maximum absolute atomic E-state index is 12.7. The first-order valence-corrected chi connectivity index (χ1v) is 6.52. The second-order valence-electron chi connectivity index (χ2n) is 5.69. The van der Waals surface area contributed by atoms with E-state index in [-0.39, 0.29) is 12.8 Å². The minimum atomic E-state index is -4.47. The molecule has 0 spiro atoms. The summed E-state index contributed by atoms with van der Waals surface area (Å²) in [5.74, 6) is -1.34. The maximum Gasteiger partial charge on any atom is 0.390 e. The Morgan fingerprint density at radius 3 is 1.90 bits per heavy atom. The molecule has 0 aliphatic heterocycles. The summed E-state index contributed by atoms with van der Waals surface area (Å²) >= 11 is 0. The average molecular weight is 298 g/mol. The summed E-state index contributed by atoms with van der Waals surface area (Å²) in [5, 5.41) is 9.72. The molecule has 0 saturated heterocycles. The minimum Gasteiger partial charge on any atom is -0.512 e. The highest BCUT2D eigenvalue weighted by molar-refractivity contribution is 5.95. The Kier molecular flexibility index (Phi) is 6.24. The molecule has 0 aliphatic rings. The molecule has 0 aromatic rings. The number of aliphatic hydroxyl groups is 1. The van der Waals surface area contributed by atoms with Crippen molar-refractivity contribution in [3.8, 4) is 0 Å². The van der Waals surface area contributed by atoms with Crippen molar-refractivity contribution in [1.82, 2.24) is 0 Å². The Balaban J connectivity index is 5.43. The molecule has 6 heteroatoms. The quantitative estimate of drug-likeness (QED) is 0.418. The van der Waals surface area contributed by atoms with Crippen molar-refractivity contribution in [2.45, 2.75) is 53.1 Å². The van der Waals surface area contributed by atoms with Gasteiger partial charge in [-0.05, 0) is 12.8 Å². The zero-order valence-electron chi connectivity index (χ0n) is 12.3. The zero-order valence-corrected chi connectivity index (χ0v) is 12.3. The Labute approximate surface area is 116 Å². The van der Waals surface area contributed by atoms with E-state index in [1.807, 2.05) is 0 Å². The van der Waals surface area contributed by atoms with E-state index in [1.165, 1.54) is 27.7 Å². The van der Waals surface area contributed by atoms with Crippen LogP contribution in [0.25, 0.3) is 0 Å². The highest BCUT2D eigenvalue weighted by atomic mass is 19.4. The number of halogens is 4. The number of aliphatic hydroxyl groups excluding tert-OH is 1. The molecule has 0 amide bonds. The molecule has 0 aliphatic carbocycles. The minimum absolute atomic E-state index is 0.00166. The van der Waals surface area contributed by atoms with Crippen molar-refractivity contribution in [1.29, 1.82) is 0 Å². The molecular weight excluding hydrogens is 276 g/mol. The van der Waals surface area contributed by atoms with Crippen LogP contribution in [0.15, 0.2) is 11.8 Å². The van der Waals surface area contributed by atoms with Crippen LogP contribution in [0.5, 0.6) is 0 Å². The van der Waals surface area contributed by atoms with Gasteiger partial charge < -0.3 is 5.11 Å². The van der Waals surface area contributed by atoms with Gasteiger partial charge in [0.2, 0.25) is 0 Å². The Morgan fingerprint density at radius 1 is 1.15 bits per heavy atom. The summed E-state index contributed by atoms with van der Waals surface area (Å²) < 4.78 is 50.6. The lowest BCUT2D eigenvalue weighted by molar-refractivity contribution is -0.166. The second kappa shape index (κ2) is 6.59. The summed E-state index contributed by atoms with van der Waals surface area (Å²) in [6, 6.07) is 0. The van der Waals surface area contributed by atoms with Crippen molar-refractivity contribution in [3.05, 3.63) is 11.8 Å². The number of alkyl halides is 4. The normalized spacial score (nSPS) is 14.5. The lowest BCUT2D eigenvalue weighted by Crippen LogP contribution is -2.35. The fourth-order valence-electron chi connectivity index (χ4n) is 1.86. The van der Waals surface area contributed by atoms with E-state index in [2.05, 4.69) is 0 Å². The molecular formula is C14H22F4O2. The van der Waals surface area contributed by atoms with Gasteiger partial charge in [-0.15, -0.1) is 0 Å². The van der Waals surface area contributed by atoms with Crippen LogP contribution in [0, 0.1) is 10.8 Å². The molecule has 0 bridgehead atoms. The van der Waals surface area contributed by atoms with Crippen molar-refractivity contribution < 1.29 is 27.5 Å². The summed E-state index contributed by atoms with van der Waals surface area (Å²) in [6.45, 7) is 4.83. The van der Waals surface area contributed by atoms with Gasteiger partial charge >= 0.3 is 6.18 Å². The van der Waals surface area contributed by atoms with Gasteiger partial charge in [-0.1, -0.05) is 27.7 Å². The van der Waals surface area contributed by atoms with E-state index >= 15 is 0 Å². The van der Waals surface area contributed by atoms with E-state index in [1.54, 1.807) is 0 Å². The van der Waals surface area contributed by atoms with Crippen molar-refractivity contribution in [2.75, 3.05) is 6.67 Å². The third-order valence-electron chi connectivity index (χ3n) is 3.71. The predicted molar refractivity (Wildman–Crippen MR) is 69.2 cm³/mol. The van der Waals surface area contributed by atoms with Gasteiger partial charge in [0.25, 0.3) is 0 Å². The van der Waals surface area contributed by atoms with Crippen LogP contribution >= 0.6 is 0 Å². The van der Waals surface area contributed by atoms with Crippen LogP contribution in [0.1, 0.15) is 47.0 Å². The molecule has 0 heterocycles. The number of ketones is 1. The predicted octanol–water partition coefficient (Wildman–Crippen LogP) is 4.75. The maximum atomic E-state index is 12.7. The van der Waals surface area contributed by atoms with Crippen molar-refractivity contribution in [2.24, 2.45) is 10.8 Å². The summed E-state index contributed by atoms with van der Waals surface area (Å²) in [6.07, 6.45) is -4.96. The molecule has 2 nitrogen and oxygen atoms in total. The van der Waals surface area contributed by atoms with Gasteiger partial charge in [0.1, 0.15) is 12.4 Å². The van der Waals surface area contributed by atoms with Gasteiger partial charge in [-0.25, -0.2) is 0 Å². The first kappa shape index (κ1) is 18.9. The largest absolute Gasteiger partial charge is 0.512 e. The zero-order chi connectivity index (χ0) is 16.2. The molecule has 0 aromatic carbocycles. The van der Waals surface area contributed by atoms with Crippen LogP contribution in [0.4, 0.5) is 17.6 Å². The van der Waals surface area contributed by atoms with E-state index in [9.17, 15) is 27.5 Å². The standard InChI is InChI=1S/C14H22F4O2/c1-5-13(6-2,8-14(16,17)18)11(20)7-10(19)12(3,4)9-15/h7,19H,5-6,8-9H2,1-4H3. The van der Waals surface area contributed by atoms with E-state index in [0.717, 1.165) is 6.08 Å². The molecule has 0 unspecified atom stereocenters. The molecule has 118 valence electrons. The third-order valence-corrected chi connectivity index (χ3v) is 3.71. The molecule has 0 fully saturated rings. The lowest BCUT2D eigenvalue weighted by Gasteiger charge is -2.30. The van der Waals surface area contributed by atoms with Gasteiger partial charge in [0.05, 0.1) is 11.8 Å². The molecule has 1 N–H and O–H groups in total. The van der Waals surface area contributed by atoms with Gasteiger partial charge in [-0.3, -0.25) is 9.18 Å². The highest BCUT2D eigenvalue weighted by Gasteiger charge is 2.44. The van der Waals surface area contributed by atoms with Crippen molar-refractivity contribution in [3.63, 3.8) is 0 Å². The summed E-state index contributed by atoms with van der Waals surface area (Å²) in [7, 11) is 0. The number of carbonyl (C=O) groups excluding carboxylic acids is 1. The second-order valence-corrected chi connectivity index (χ2v) is 5.69. The lowest BCUT2D eigenvalue weighted by atomic mass is 9.74. The average Bonchev–Trinajstić information content (AvgIpc) is 2.34. The van der Waals surface area contributed by atoms with E-state index in [0.29, 0.717) is 0 Å². The molecule has 0 rings (SSSR count). The summed E-state index contributed by atoms with van der Waals surface area (Å²) in [5.41, 5.74) is -2.88. The van der Waals surface area contributed by atoms with Crippen LogP contribution in [0.3, 0.4) is 0 Å². The van der Waals surface area contributed by atoms with Crippen LogP contribution < -0.4 is 0 Å². The Hall–Kier alpha value is -1.07. The smallest absolute Gasteiger partial charge is 0.390 e. The third kappa shape index (κ3) is 4.80. The number of allylic oxidation sites excluding steroid dienone is 2. The first-order valence-electron chi connectivity index (χ1n) is 6.52. The Bertz CT molecular complexity index is 366. The molecule has 20 heavy (non-hydrogen) atoms. The van der Waals surface area contributed by atoms with Gasteiger partial charge in [-0.2, -0.15) is 13.2 Å². The number of rotatable bonds is 7. The van der Waals surface area contributed by atoms with Crippen LogP contribution in [0.2, 0.25) is 0 Å². The van der Waals surface area contributed by atoms with Gasteiger partial charge in [0, 0.05) is 11.5 Å². The molecule has 0 radical (unpaired) electrons. The van der Waals surface area contributed by atoms with Crippen molar-refractivity contribution >= 4 is 5.78 Å². The van der Waals surface area contributed by atoms with E-state index < -0.39 is 41.6 Å². The number of carbonyl (C=O) groups is 1. The first-order chi connectivity index (χ1) is 8.94. The summed E-state index contributed by atoms with van der Waals surface area (Å²) in [4.78, 5) is 12.1. The fraction of sp³-hybridized carbons (Fsp3) is 0.786.